The van der Waals surface area contributed by atoms with Crippen molar-refractivity contribution in [2.75, 3.05) is 0 Å². The average Bonchev–Trinajstić information content (AvgIpc) is 2.66. The van der Waals surface area contributed by atoms with Gasteiger partial charge in [-0.15, -0.1) is 0 Å². The molecule has 0 radical (unpaired) electrons. The molecule has 0 aliphatic carbocycles. The number of aldehydes is 1. The molecule has 24 heavy (non-hydrogen) atoms. The third-order valence-corrected chi connectivity index (χ3v) is 3.67. The highest BCUT2D eigenvalue weighted by Gasteiger charge is 1.97. The van der Waals surface area contributed by atoms with Crippen molar-refractivity contribution in [1.82, 2.24) is 0 Å². The van der Waals surface area contributed by atoms with Gasteiger partial charge in [0.25, 0.3) is 0 Å². The average molecular weight is 310 g/mol. The van der Waals surface area contributed by atoms with Gasteiger partial charge in [0.1, 0.15) is 6.29 Å². The molecular formula is C23H18O. The van der Waals surface area contributed by atoms with E-state index in [4.69, 9.17) is 0 Å². The van der Waals surface area contributed by atoms with Crippen LogP contribution in [0.5, 0.6) is 0 Å². The maximum Gasteiger partial charge on any atom is 0.150 e. The fourth-order valence-electron chi connectivity index (χ4n) is 2.48. The summed E-state index contributed by atoms with van der Waals surface area (Å²) in [6.45, 7) is 0. The van der Waals surface area contributed by atoms with Crippen molar-refractivity contribution in [2.45, 2.75) is 0 Å². The van der Waals surface area contributed by atoms with E-state index in [1.54, 1.807) is 0 Å². The van der Waals surface area contributed by atoms with Crippen molar-refractivity contribution >= 4 is 30.6 Å². The van der Waals surface area contributed by atoms with Crippen LogP contribution in [0.4, 0.5) is 0 Å². The fraction of sp³-hybridized carbons (Fsp3) is 0. The maximum atomic E-state index is 11.2. The van der Waals surface area contributed by atoms with Crippen molar-refractivity contribution < 1.29 is 4.79 Å². The zero-order valence-corrected chi connectivity index (χ0v) is 13.3. The zero-order valence-electron chi connectivity index (χ0n) is 13.3. The van der Waals surface area contributed by atoms with Crippen molar-refractivity contribution in [2.24, 2.45) is 0 Å². The summed E-state index contributed by atoms with van der Waals surface area (Å²) in [6, 6.07) is 26.1. The van der Waals surface area contributed by atoms with Crippen LogP contribution in [0.25, 0.3) is 24.3 Å². The minimum atomic E-state index is 0.679. The molecular weight excluding hydrogens is 292 g/mol. The number of rotatable bonds is 5. The molecule has 1 nitrogen and oxygen atoms in total. The molecule has 1 heteroatoms. The highest BCUT2D eigenvalue weighted by Crippen LogP contribution is 2.15. The zero-order chi connectivity index (χ0) is 16.6. The van der Waals surface area contributed by atoms with E-state index in [1.807, 2.05) is 60.7 Å². The molecule has 3 rings (SSSR count). The van der Waals surface area contributed by atoms with Gasteiger partial charge in [-0.25, -0.2) is 0 Å². The molecule has 0 N–H and O–H groups in total. The normalized spacial score (nSPS) is 11.2. The lowest BCUT2D eigenvalue weighted by Crippen LogP contribution is -1.85. The summed E-state index contributed by atoms with van der Waals surface area (Å²) >= 11 is 0. The Morgan fingerprint density at radius 3 is 1.25 bits per heavy atom. The predicted molar refractivity (Wildman–Crippen MR) is 103 cm³/mol. The smallest absolute Gasteiger partial charge is 0.150 e. The fourth-order valence-corrected chi connectivity index (χ4v) is 2.48. The maximum absolute atomic E-state index is 11.2. The van der Waals surface area contributed by atoms with Gasteiger partial charge >= 0.3 is 0 Å². The molecule has 0 atom stereocenters. The monoisotopic (exact) mass is 310 g/mol. The minimum absolute atomic E-state index is 0.679. The summed E-state index contributed by atoms with van der Waals surface area (Å²) in [5.41, 5.74) is 4.97. The number of hydrogen-bond donors (Lipinski definition) is 0. The molecule has 0 aliphatic heterocycles. The lowest BCUT2D eigenvalue weighted by atomic mass is 10.0. The van der Waals surface area contributed by atoms with Crippen LogP contribution in [0, 0.1) is 0 Å². The Morgan fingerprint density at radius 1 is 0.458 bits per heavy atom. The number of carbonyl (C=O) groups excluding carboxylic acids is 1. The summed E-state index contributed by atoms with van der Waals surface area (Å²) in [6.07, 6.45) is 9.05. The summed E-state index contributed by atoms with van der Waals surface area (Å²) in [4.78, 5) is 11.2. The van der Waals surface area contributed by atoms with Crippen molar-refractivity contribution in [3.8, 4) is 0 Å². The summed E-state index contributed by atoms with van der Waals surface area (Å²) in [5, 5.41) is 0. The van der Waals surface area contributed by atoms with Crippen molar-refractivity contribution in [3.63, 3.8) is 0 Å². The third-order valence-electron chi connectivity index (χ3n) is 3.67. The van der Waals surface area contributed by atoms with Gasteiger partial charge in [0.15, 0.2) is 0 Å². The van der Waals surface area contributed by atoms with Gasteiger partial charge in [-0.2, -0.15) is 0 Å². The first kappa shape index (κ1) is 15.7. The standard InChI is InChI=1S/C23H18O/c24-18-23-16-21(13-11-19-7-3-1-4-8-19)15-22(17-23)14-12-20-9-5-2-6-10-20/h1-18H/b13-11+,14-12+. The Bertz CT molecular complexity index is 791. The van der Waals surface area contributed by atoms with E-state index in [0.717, 1.165) is 28.5 Å². The van der Waals surface area contributed by atoms with Crippen LogP contribution in [-0.4, -0.2) is 6.29 Å². The molecule has 0 aliphatic rings. The SMILES string of the molecule is O=Cc1cc(/C=C/c2ccccc2)cc(/C=C/c2ccccc2)c1. The van der Waals surface area contributed by atoms with Crippen LogP contribution >= 0.6 is 0 Å². The van der Waals surface area contributed by atoms with Gasteiger partial charge in [-0.05, 0) is 40.5 Å². The van der Waals surface area contributed by atoms with Crippen molar-refractivity contribution in [3.05, 3.63) is 107 Å². The van der Waals surface area contributed by atoms with Gasteiger partial charge < -0.3 is 0 Å². The van der Waals surface area contributed by atoms with Crippen LogP contribution in [0.15, 0.2) is 78.9 Å². The predicted octanol–water partition coefficient (Wildman–Crippen LogP) is 5.84. The van der Waals surface area contributed by atoms with Gasteiger partial charge in [0.05, 0.1) is 0 Å². The number of benzene rings is 3. The first-order valence-corrected chi connectivity index (χ1v) is 7.90. The quantitative estimate of drug-likeness (QED) is 0.427. The second-order valence-electron chi connectivity index (χ2n) is 5.54. The Morgan fingerprint density at radius 2 is 0.833 bits per heavy atom. The van der Waals surface area contributed by atoms with E-state index >= 15 is 0 Å². The number of carbonyl (C=O) groups is 1. The van der Waals surface area contributed by atoms with Gasteiger partial charge in [-0.3, -0.25) is 4.79 Å². The van der Waals surface area contributed by atoms with E-state index < -0.39 is 0 Å². The van der Waals surface area contributed by atoms with E-state index in [0.29, 0.717) is 5.56 Å². The van der Waals surface area contributed by atoms with Crippen LogP contribution in [0.2, 0.25) is 0 Å². The van der Waals surface area contributed by atoms with Crippen LogP contribution < -0.4 is 0 Å². The van der Waals surface area contributed by atoms with E-state index in [-0.39, 0.29) is 0 Å². The topological polar surface area (TPSA) is 17.1 Å². The molecule has 0 saturated carbocycles. The van der Waals surface area contributed by atoms with Gasteiger partial charge in [0.2, 0.25) is 0 Å². The molecule has 0 aromatic heterocycles. The van der Waals surface area contributed by atoms with Crippen molar-refractivity contribution in [1.29, 1.82) is 0 Å². The Balaban J connectivity index is 1.87. The second kappa shape index (κ2) is 7.89. The molecule has 0 heterocycles. The molecule has 0 bridgehead atoms. The molecule has 3 aromatic rings. The Hall–Kier alpha value is -3.19. The molecule has 0 unspecified atom stereocenters. The third kappa shape index (κ3) is 4.40. The van der Waals surface area contributed by atoms with Crippen LogP contribution in [0.3, 0.4) is 0 Å². The molecule has 0 saturated heterocycles. The summed E-state index contributed by atoms with van der Waals surface area (Å²) in [7, 11) is 0. The summed E-state index contributed by atoms with van der Waals surface area (Å²) in [5.74, 6) is 0. The van der Waals surface area contributed by atoms with E-state index in [1.165, 1.54) is 0 Å². The number of hydrogen-bond acceptors (Lipinski definition) is 1. The highest BCUT2D eigenvalue weighted by atomic mass is 16.1. The Kier molecular flexibility index (Phi) is 5.16. The molecule has 0 amide bonds. The molecule has 116 valence electrons. The van der Waals surface area contributed by atoms with Gasteiger partial charge in [0, 0.05) is 5.56 Å². The van der Waals surface area contributed by atoms with E-state index in [9.17, 15) is 4.79 Å². The lowest BCUT2D eigenvalue weighted by Gasteiger charge is -2.01. The Labute approximate surface area is 142 Å². The lowest BCUT2D eigenvalue weighted by molar-refractivity contribution is 0.112. The van der Waals surface area contributed by atoms with Gasteiger partial charge in [-0.1, -0.05) is 85.0 Å². The molecule has 3 aromatic carbocycles. The first-order valence-electron chi connectivity index (χ1n) is 7.90. The van der Waals surface area contributed by atoms with E-state index in [2.05, 4.69) is 42.5 Å². The first-order chi connectivity index (χ1) is 11.8. The molecule has 0 fully saturated rings. The molecule has 0 spiro atoms. The highest BCUT2D eigenvalue weighted by molar-refractivity contribution is 5.82. The van der Waals surface area contributed by atoms with Crippen LogP contribution in [0.1, 0.15) is 32.6 Å². The largest absolute Gasteiger partial charge is 0.298 e. The second-order valence-corrected chi connectivity index (χ2v) is 5.54. The summed E-state index contributed by atoms with van der Waals surface area (Å²) < 4.78 is 0. The minimum Gasteiger partial charge on any atom is -0.298 e. The van der Waals surface area contributed by atoms with Crippen LogP contribution in [-0.2, 0) is 0 Å².